The summed E-state index contributed by atoms with van der Waals surface area (Å²) in [6, 6.07) is 10.1. The van der Waals surface area contributed by atoms with E-state index in [1.54, 1.807) is 24.3 Å². The second-order valence-electron chi connectivity index (χ2n) is 6.97. The van der Waals surface area contributed by atoms with Crippen LogP contribution in [-0.2, 0) is 11.3 Å². The molecular weight excluding hydrogens is 403 g/mol. The second-order valence-corrected chi connectivity index (χ2v) is 6.97. The van der Waals surface area contributed by atoms with E-state index in [2.05, 4.69) is 5.10 Å². The summed E-state index contributed by atoms with van der Waals surface area (Å²) in [6.45, 7) is 1.80. The molecule has 8 heteroatoms. The molecule has 1 heterocycles. The lowest BCUT2D eigenvalue weighted by molar-refractivity contribution is 0.0467. The topological polar surface area (TPSA) is 87.5 Å². The number of methoxy groups -OCH3 is 1. The Bertz CT molecular complexity index is 1170. The van der Waals surface area contributed by atoms with Gasteiger partial charge in [-0.2, -0.15) is 5.10 Å². The standard InChI is InChI=1S/C23H23FN2O5/c1-3-4-7-12-26-22(28)17-9-6-5-8-16(17)21(25-26)23(29)31-14-19(27)18-13-15(24)10-11-20(18)30-2/h5-6,8-11,13H,3-4,7,12,14H2,1-2H3. The van der Waals surface area contributed by atoms with Crippen molar-refractivity contribution in [1.82, 2.24) is 9.78 Å². The van der Waals surface area contributed by atoms with Gasteiger partial charge in [-0.3, -0.25) is 9.59 Å². The molecule has 3 rings (SSSR count). The third kappa shape index (κ3) is 4.96. The molecule has 0 aliphatic rings. The number of hydrogen-bond acceptors (Lipinski definition) is 6. The first-order chi connectivity index (χ1) is 15.0. The van der Waals surface area contributed by atoms with E-state index < -0.39 is 24.2 Å². The van der Waals surface area contributed by atoms with E-state index in [4.69, 9.17) is 9.47 Å². The van der Waals surface area contributed by atoms with E-state index in [9.17, 15) is 18.8 Å². The molecule has 0 amide bonds. The number of fused-ring (bicyclic) bond motifs is 1. The third-order valence-electron chi connectivity index (χ3n) is 4.83. The fraction of sp³-hybridized carbons (Fsp3) is 0.304. The highest BCUT2D eigenvalue weighted by Crippen LogP contribution is 2.20. The van der Waals surface area contributed by atoms with Gasteiger partial charge >= 0.3 is 5.97 Å². The van der Waals surface area contributed by atoms with Crippen LogP contribution < -0.4 is 10.3 Å². The quantitative estimate of drug-likeness (QED) is 0.294. The molecule has 162 valence electrons. The van der Waals surface area contributed by atoms with Crippen molar-refractivity contribution >= 4 is 22.5 Å². The summed E-state index contributed by atoms with van der Waals surface area (Å²) < 4.78 is 25.0. The Balaban J connectivity index is 1.87. The second kappa shape index (κ2) is 9.97. The van der Waals surface area contributed by atoms with Crippen LogP contribution in [0.4, 0.5) is 4.39 Å². The van der Waals surface area contributed by atoms with Gasteiger partial charge in [0.05, 0.1) is 18.1 Å². The Morgan fingerprint density at radius 2 is 1.84 bits per heavy atom. The van der Waals surface area contributed by atoms with E-state index in [0.717, 1.165) is 25.3 Å². The van der Waals surface area contributed by atoms with E-state index in [1.807, 2.05) is 6.92 Å². The van der Waals surface area contributed by atoms with E-state index >= 15 is 0 Å². The van der Waals surface area contributed by atoms with Gasteiger partial charge < -0.3 is 9.47 Å². The number of carbonyl (C=O) groups is 2. The van der Waals surface area contributed by atoms with Crippen molar-refractivity contribution < 1.29 is 23.5 Å². The third-order valence-corrected chi connectivity index (χ3v) is 4.83. The molecular formula is C23H23FN2O5. The van der Waals surface area contributed by atoms with Crippen LogP contribution in [-0.4, -0.2) is 35.2 Å². The van der Waals surface area contributed by atoms with Crippen LogP contribution in [0.3, 0.4) is 0 Å². The molecule has 7 nitrogen and oxygen atoms in total. The van der Waals surface area contributed by atoms with Crippen molar-refractivity contribution in [1.29, 1.82) is 0 Å². The van der Waals surface area contributed by atoms with E-state index in [0.29, 0.717) is 17.3 Å². The predicted octanol–water partition coefficient (Wildman–Crippen LogP) is 3.77. The Labute approximate surface area is 178 Å². The van der Waals surface area contributed by atoms with Gasteiger partial charge in [0.25, 0.3) is 5.56 Å². The van der Waals surface area contributed by atoms with E-state index in [1.165, 1.54) is 23.9 Å². The number of aryl methyl sites for hydroxylation is 1. The number of carbonyl (C=O) groups excluding carboxylic acids is 2. The Hall–Kier alpha value is -3.55. The van der Waals surface area contributed by atoms with Crippen LogP contribution >= 0.6 is 0 Å². The lowest BCUT2D eigenvalue weighted by Gasteiger charge is -2.11. The Kier molecular flexibility index (Phi) is 7.12. The smallest absolute Gasteiger partial charge is 0.359 e. The molecule has 0 aliphatic carbocycles. The summed E-state index contributed by atoms with van der Waals surface area (Å²) in [4.78, 5) is 37.9. The SMILES string of the molecule is CCCCCn1nc(C(=O)OCC(=O)c2cc(F)ccc2OC)c2ccccc2c1=O. The monoisotopic (exact) mass is 426 g/mol. The number of benzene rings is 2. The first-order valence-corrected chi connectivity index (χ1v) is 10.00. The van der Waals surface area contributed by atoms with Gasteiger partial charge in [-0.05, 0) is 30.7 Å². The highest BCUT2D eigenvalue weighted by Gasteiger charge is 2.21. The van der Waals surface area contributed by atoms with Crippen molar-refractivity contribution in [2.45, 2.75) is 32.7 Å². The Morgan fingerprint density at radius 1 is 1.10 bits per heavy atom. The van der Waals surface area contributed by atoms with Gasteiger partial charge in [0.2, 0.25) is 5.78 Å². The molecule has 0 unspecified atom stereocenters. The van der Waals surface area contributed by atoms with Crippen LogP contribution in [0.1, 0.15) is 47.0 Å². The summed E-state index contributed by atoms with van der Waals surface area (Å²) in [6.07, 6.45) is 2.64. The summed E-state index contributed by atoms with van der Waals surface area (Å²) >= 11 is 0. The van der Waals surface area contributed by atoms with Crippen LogP contribution in [0.5, 0.6) is 5.75 Å². The molecule has 0 bridgehead atoms. The van der Waals surface area contributed by atoms with Crippen molar-refractivity contribution in [2.24, 2.45) is 0 Å². The average Bonchev–Trinajstić information content (AvgIpc) is 2.79. The lowest BCUT2D eigenvalue weighted by Crippen LogP contribution is -2.27. The maximum absolute atomic E-state index is 13.5. The molecule has 2 aromatic carbocycles. The van der Waals surface area contributed by atoms with Crippen LogP contribution in [0.15, 0.2) is 47.3 Å². The van der Waals surface area contributed by atoms with Gasteiger partial charge in [-0.25, -0.2) is 13.9 Å². The molecule has 0 spiro atoms. The number of nitrogens with zero attached hydrogens (tertiary/aromatic N) is 2. The van der Waals surface area contributed by atoms with Gasteiger partial charge in [0.1, 0.15) is 11.6 Å². The van der Waals surface area contributed by atoms with Gasteiger partial charge in [-0.15, -0.1) is 0 Å². The summed E-state index contributed by atoms with van der Waals surface area (Å²) in [5.74, 6) is -1.90. The number of esters is 1. The number of rotatable bonds is 9. The minimum atomic E-state index is -0.843. The molecule has 0 saturated carbocycles. The molecule has 0 N–H and O–H groups in total. The average molecular weight is 426 g/mol. The predicted molar refractivity (Wildman–Crippen MR) is 113 cm³/mol. The van der Waals surface area contributed by atoms with Gasteiger partial charge in [0.15, 0.2) is 12.3 Å². The van der Waals surface area contributed by atoms with Gasteiger partial charge in [-0.1, -0.05) is 38.0 Å². The molecule has 31 heavy (non-hydrogen) atoms. The van der Waals surface area contributed by atoms with Crippen molar-refractivity contribution in [2.75, 3.05) is 13.7 Å². The number of hydrogen-bond donors (Lipinski definition) is 0. The summed E-state index contributed by atoms with van der Waals surface area (Å²) in [5, 5.41) is 4.90. The molecule has 1 aromatic heterocycles. The molecule has 0 aliphatic heterocycles. The zero-order valence-electron chi connectivity index (χ0n) is 17.4. The number of aromatic nitrogens is 2. The number of Topliss-reactive ketones (excluding diaryl/α,β-unsaturated/α-hetero) is 1. The summed E-state index contributed by atoms with van der Waals surface area (Å²) in [5.41, 5.74) is -0.368. The fourth-order valence-corrected chi connectivity index (χ4v) is 3.22. The largest absolute Gasteiger partial charge is 0.496 e. The number of ketones is 1. The molecule has 0 radical (unpaired) electrons. The number of halogens is 1. The minimum absolute atomic E-state index is 0.0300. The van der Waals surface area contributed by atoms with Crippen molar-refractivity contribution in [3.63, 3.8) is 0 Å². The molecule has 0 atom stereocenters. The summed E-state index contributed by atoms with van der Waals surface area (Å²) in [7, 11) is 1.36. The molecule has 0 fully saturated rings. The minimum Gasteiger partial charge on any atom is -0.496 e. The van der Waals surface area contributed by atoms with Crippen molar-refractivity contribution in [3.05, 3.63) is 69.9 Å². The fourth-order valence-electron chi connectivity index (χ4n) is 3.22. The highest BCUT2D eigenvalue weighted by atomic mass is 19.1. The highest BCUT2D eigenvalue weighted by molar-refractivity contribution is 6.04. The van der Waals surface area contributed by atoms with Crippen molar-refractivity contribution in [3.8, 4) is 5.75 Å². The van der Waals surface area contributed by atoms with Crippen LogP contribution in [0.25, 0.3) is 10.8 Å². The first kappa shape index (κ1) is 22.1. The normalized spacial score (nSPS) is 10.8. The zero-order chi connectivity index (χ0) is 22.4. The molecule has 3 aromatic rings. The number of ether oxygens (including phenoxy) is 2. The maximum atomic E-state index is 13.5. The first-order valence-electron chi connectivity index (χ1n) is 10.00. The van der Waals surface area contributed by atoms with E-state index in [-0.39, 0.29) is 22.6 Å². The lowest BCUT2D eigenvalue weighted by atomic mass is 10.1. The number of unbranched alkanes of at least 4 members (excludes halogenated alkanes) is 2. The van der Waals surface area contributed by atoms with Gasteiger partial charge in [0, 0.05) is 11.9 Å². The van der Waals surface area contributed by atoms with Crippen LogP contribution in [0, 0.1) is 5.82 Å². The molecule has 0 saturated heterocycles. The van der Waals surface area contributed by atoms with Crippen LogP contribution in [0.2, 0.25) is 0 Å². The Morgan fingerprint density at radius 3 is 2.55 bits per heavy atom. The zero-order valence-corrected chi connectivity index (χ0v) is 17.4. The maximum Gasteiger partial charge on any atom is 0.359 e.